The Hall–Kier alpha value is -2.04. The topological polar surface area (TPSA) is 70.9 Å². The number of fused-ring (bicyclic) bond motifs is 1. The molecule has 22 heavy (non-hydrogen) atoms. The maximum atomic E-state index is 12.3. The minimum Gasteiger partial charge on any atom is -0.504 e. The summed E-state index contributed by atoms with van der Waals surface area (Å²) in [5.74, 6) is 1.14. The second-order valence-electron chi connectivity index (χ2n) is 6.50. The number of hydrazone groups is 1. The SMILES string of the molecule is COc1cc(/C=N/NC(=O)[C@H]2[C@@H]3CCCC[C@@]32C)ccc1O. The molecular formula is C17H22N2O3. The fourth-order valence-electron chi connectivity index (χ4n) is 3.86. The highest BCUT2D eigenvalue weighted by Crippen LogP contribution is 2.66. The number of benzene rings is 1. The maximum absolute atomic E-state index is 12.3. The highest BCUT2D eigenvalue weighted by Gasteiger charge is 2.64. The van der Waals surface area contributed by atoms with Crippen LogP contribution < -0.4 is 10.2 Å². The van der Waals surface area contributed by atoms with Crippen molar-refractivity contribution in [2.75, 3.05) is 7.11 Å². The minimum absolute atomic E-state index is 0.0244. The molecule has 3 rings (SSSR count). The molecule has 0 unspecified atom stereocenters. The number of hydrogen-bond acceptors (Lipinski definition) is 4. The van der Waals surface area contributed by atoms with Crippen molar-refractivity contribution >= 4 is 12.1 Å². The predicted molar refractivity (Wildman–Crippen MR) is 84.0 cm³/mol. The molecule has 5 nitrogen and oxygen atoms in total. The molecule has 2 aliphatic carbocycles. The molecule has 2 aliphatic rings. The van der Waals surface area contributed by atoms with E-state index >= 15 is 0 Å². The Morgan fingerprint density at radius 2 is 2.32 bits per heavy atom. The Balaban J connectivity index is 1.59. The first-order chi connectivity index (χ1) is 10.6. The monoisotopic (exact) mass is 302 g/mol. The Morgan fingerprint density at radius 1 is 1.50 bits per heavy atom. The molecule has 0 radical (unpaired) electrons. The van der Waals surface area contributed by atoms with Crippen molar-refractivity contribution in [3.8, 4) is 11.5 Å². The van der Waals surface area contributed by atoms with Crippen molar-refractivity contribution in [3.05, 3.63) is 23.8 Å². The maximum Gasteiger partial charge on any atom is 0.244 e. The molecule has 2 fully saturated rings. The second kappa shape index (κ2) is 5.63. The lowest BCUT2D eigenvalue weighted by Gasteiger charge is -2.15. The number of phenols is 1. The van der Waals surface area contributed by atoms with Crippen molar-refractivity contribution in [3.63, 3.8) is 0 Å². The van der Waals surface area contributed by atoms with E-state index in [0.29, 0.717) is 11.7 Å². The van der Waals surface area contributed by atoms with Crippen molar-refractivity contribution in [2.45, 2.75) is 32.6 Å². The molecule has 2 N–H and O–H groups in total. The van der Waals surface area contributed by atoms with Gasteiger partial charge in [-0.15, -0.1) is 0 Å². The van der Waals surface area contributed by atoms with Gasteiger partial charge in [-0.3, -0.25) is 4.79 Å². The van der Waals surface area contributed by atoms with Gasteiger partial charge in [0.25, 0.3) is 0 Å². The summed E-state index contributed by atoms with van der Waals surface area (Å²) >= 11 is 0. The molecular weight excluding hydrogens is 280 g/mol. The Labute approximate surface area is 130 Å². The molecule has 118 valence electrons. The average Bonchev–Trinajstić information content (AvgIpc) is 3.14. The molecule has 0 spiro atoms. The van der Waals surface area contributed by atoms with Crippen molar-refractivity contribution in [1.82, 2.24) is 5.43 Å². The summed E-state index contributed by atoms with van der Waals surface area (Å²) in [6, 6.07) is 4.92. The molecule has 0 heterocycles. The lowest BCUT2D eigenvalue weighted by atomic mass is 9.90. The Bertz CT molecular complexity index is 614. The summed E-state index contributed by atoms with van der Waals surface area (Å²) in [6.45, 7) is 2.22. The summed E-state index contributed by atoms with van der Waals surface area (Å²) < 4.78 is 5.04. The smallest absolute Gasteiger partial charge is 0.244 e. The molecule has 0 bridgehead atoms. The van der Waals surface area contributed by atoms with Crippen LogP contribution in [0.1, 0.15) is 38.2 Å². The van der Waals surface area contributed by atoms with Gasteiger partial charge >= 0.3 is 0 Å². The van der Waals surface area contributed by atoms with E-state index in [9.17, 15) is 9.90 Å². The Kier molecular flexibility index (Phi) is 3.81. The van der Waals surface area contributed by atoms with E-state index in [4.69, 9.17) is 4.74 Å². The molecule has 3 atom stereocenters. The highest BCUT2D eigenvalue weighted by atomic mass is 16.5. The third-order valence-electron chi connectivity index (χ3n) is 5.21. The fraction of sp³-hybridized carbons (Fsp3) is 0.529. The quantitative estimate of drug-likeness (QED) is 0.663. The lowest BCUT2D eigenvalue weighted by molar-refractivity contribution is -0.123. The summed E-state index contributed by atoms with van der Waals surface area (Å²) in [4.78, 5) is 12.3. The fourth-order valence-corrected chi connectivity index (χ4v) is 3.86. The van der Waals surface area contributed by atoms with Crippen molar-refractivity contribution < 1.29 is 14.6 Å². The van der Waals surface area contributed by atoms with E-state index in [0.717, 1.165) is 18.4 Å². The number of nitrogens with zero attached hydrogens (tertiary/aromatic N) is 1. The lowest BCUT2D eigenvalue weighted by Crippen LogP contribution is -2.22. The van der Waals surface area contributed by atoms with E-state index in [2.05, 4.69) is 17.5 Å². The summed E-state index contributed by atoms with van der Waals surface area (Å²) in [5.41, 5.74) is 3.61. The largest absolute Gasteiger partial charge is 0.504 e. The number of hydrogen-bond donors (Lipinski definition) is 2. The van der Waals surface area contributed by atoms with Crippen LogP contribution >= 0.6 is 0 Å². The van der Waals surface area contributed by atoms with Gasteiger partial charge in [-0.25, -0.2) is 5.43 Å². The van der Waals surface area contributed by atoms with E-state index in [-0.39, 0.29) is 23.0 Å². The highest BCUT2D eigenvalue weighted by molar-refractivity contribution is 5.86. The predicted octanol–water partition coefficient (Wildman–Crippen LogP) is 2.68. The molecule has 1 aromatic rings. The van der Waals surface area contributed by atoms with Crippen LogP contribution in [0.2, 0.25) is 0 Å². The van der Waals surface area contributed by atoms with Gasteiger partial charge in [-0.2, -0.15) is 5.10 Å². The number of nitrogens with one attached hydrogen (secondary N) is 1. The van der Waals surface area contributed by atoms with Crippen LogP contribution in [-0.4, -0.2) is 24.3 Å². The van der Waals surface area contributed by atoms with Gasteiger partial charge in [0.15, 0.2) is 11.5 Å². The number of rotatable bonds is 4. The van der Waals surface area contributed by atoms with Gasteiger partial charge in [0.2, 0.25) is 5.91 Å². The first kappa shape index (κ1) is 14.9. The van der Waals surface area contributed by atoms with Crippen LogP contribution in [0.5, 0.6) is 11.5 Å². The van der Waals surface area contributed by atoms with Crippen LogP contribution in [0.15, 0.2) is 23.3 Å². The third kappa shape index (κ3) is 2.56. The van der Waals surface area contributed by atoms with Gasteiger partial charge in [0, 0.05) is 5.92 Å². The average molecular weight is 302 g/mol. The molecule has 5 heteroatoms. The zero-order chi connectivity index (χ0) is 15.7. The number of carbonyl (C=O) groups excluding carboxylic acids is 1. The van der Waals surface area contributed by atoms with Crippen LogP contribution in [0.25, 0.3) is 0 Å². The first-order valence-electron chi connectivity index (χ1n) is 7.76. The number of methoxy groups -OCH3 is 1. The van der Waals surface area contributed by atoms with Crippen LogP contribution in [0, 0.1) is 17.3 Å². The number of phenolic OH excluding ortho intramolecular Hbond substituents is 1. The van der Waals surface area contributed by atoms with E-state index in [1.165, 1.54) is 20.0 Å². The molecule has 1 aromatic carbocycles. The number of ether oxygens (including phenoxy) is 1. The van der Waals surface area contributed by atoms with E-state index < -0.39 is 0 Å². The van der Waals surface area contributed by atoms with Gasteiger partial charge < -0.3 is 9.84 Å². The molecule has 1 amide bonds. The molecule has 0 aromatic heterocycles. The summed E-state index contributed by atoms with van der Waals surface area (Å²) in [7, 11) is 1.49. The second-order valence-corrected chi connectivity index (χ2v) is 6.50. The molecule has 0 aliphatic heterocycles. The summed E-state index contributed by atoms with van der Waals surface area (Å²) in [6.07, 6.45) is 6.34. The zero-order valence-electron chi connectivity index (χ0n) is 13.0. The third-order valence-corrected chi connectivity index (χ3v) is 5.21. The zero-order valence-corrected chi connectivity index (χ0v) is 13.0. The van der Waals surface area contributed by atoms with E-state index in [1.54, 1.807) is 24.4 Å². The number of carbonyl (C=O) groups is 1. The Morgan fingerprint density at radius 3 is 3.00 bits per heavy atom. The normalized spacial score (nSPS) is 29.9. The number of amides is 1. The van der Waals surface area contributed by atoms with Gasteiger partial charge in [-0.05, 0) is 47.9 Å². The molecule has 2 saturated carbocycles. The summed E-state index contributed by atoms with van der Waals surface area (Å²) in [5, 5.41) is 13.6. The van der Waals surface area contributed by atoms with Crippen LogP contribution in [0.3, 0.4) is 0 Å². The number of aromatic hydroxyl groups is 1. The first-order valence-corrected chi connectivity index (χ1v) is 7.76. The minimum atomic E-state index is 0.0244. The van der Waals surface area contributed by atoms with Gasteiger partial charge in [0.05, 0.1) is 13.3 Å². The van der Waals surface area contributed by atoms with Crippen molar-refractivity contribution in [2.24, 2.45) is 22.4 Å². The van der Waals surface area contributed by atoms with Crippen molar-refractivity contribution in [1.29, 1.82) is 0 Å². The van der Waals surface area contributed by atoms with Gasteiger partial charge in [0.1, 0.15) is 0 Å². The standard InChI is InChI=1S/C17H22N2O3/c1-17-8-4-3-5-12(17)15(17)16(21)19-18-10-11-6-7-13(20)14(9-11)22-2/h6-7,9-10,12,15,20H,3-5,8H2,1-2H3,(H,19,21)/b18-10+/t12-,15+,17-/m0/s1. The van der Waals surface area contributed by atoms with Crippen LogP contribution in [0.4, 0.5) is 0 Å². The van der Waals surface area contributed by atoms with E-state index in [1.807, 2.05) is 0 Å². The molecule has 0 saturated heterocycles. The van der Waals surface area contributed by atoms with Gasteiger partial charge in [-0.1, -0.05) is 19.8 Å². The van der Waals surface area contributed by atoms with Crippen LogP contribution in [-0.2, 0) is 4.79 Å².